The number of carbonyl (C=O) groups excluding carboxylic acids is 2. The summed E-state index contributed by atoms with van der Waals surface area (Å²) in [5.74, 6) is -0.711. The Hall–Kier alpha value is -1.17. The second-order valence-corrected chi connectivity index (χ2v) is 3.95. The number of ketones is 1. The summed E-state index contributed by atoms with van der Waals surface area (Å²) < 4.78 is 37.8. The van der Waals surface area contributed by atoms with Crippen molar-refractivity contribution in [2.75, 3.05) is 0 Å². The maximum Gasteiger partial charge on any atom is 0.417 e. The highest BCUT2D eigenvalue weighted by Crippen LogP contribution is 2.36. The molecule has 0 aliphatic heterocycles. The van der Waals surface area contributed by atoms with Crippen molar-refractivity contribution in [3.63, 3.8) is 0 Å². The molecule has 0 radical (unpaired) electrons. The number of carbonyl (C=O) groups is 2. The van der Waals surface area contributed by atoms with E-state index in [4.69, 9.17) is 0 Å². The Labute approximate surface area is 97.6 Å². The standard InChI is InChI=1S/C10H6BrF3O2/c1-5(16)9-7(10(12,13)14)2-6(4-15)3-8(9)11/h2-4H,1H3. The second kappa shape index (κ2) is 4.37. The van der Waals surface area contributed by atoms with Gasteiger partial charge in [0.2, 0.25) is 0 Å². The highest BCUT2D eigenvalue weighted by Gasteiger charge is 2.35. The first-order valence-electron chi connectivity index (χ1n) is 4.14. The van der Waals surface area contributed by atoms with Gasteiger partial charge in [0, 0.05) is 15.6 Å². The quantitative estimate of drug-likeness (QED) is 0.618. The normalized spacial score (nSPS) is 11.3. The highest BCUT2D eigenvalue weighted by molar-refractivity contribution is 9.10. The molecule has 0 fully saturated rings. The Morgan fingerprint density at radius 1 is 1.38 bits per heavy atom. The van der Waals surface area contributed by atoms with Gasteiger partial charge in [-0.3, -0.25) is 9.59 Å². The molecule has 0 N–H and O–H groups in total. The molecule has 16 heavy (non-hydrogen) atoms. The van der Waals surface area contributed by atoms with Crippen LogP contribution in [-0.2, 0) is 6.18 Å². The molecule has 0 heterocycles. The van der Waals surface area contributed by atoms with Gasteiger partial charge in [-0.1, -0.05) is 15.9 Å². The van der Waals surface area contributed by atoms with Gasteiger partial charge in [-0.25, -0.2) is 0 Å². The molecule has 1 aromatic carbocycles. The van der Waals surface area contributed by atoms with E-state index in [1.807, 2.05) is 0 Å². The lowest BCUT2D eigenvalue weighted by atomic mass is 10.0. The van der Waals surface area contributed by atoms with Crippen LogP contribution in [0.15, 0.2) is 16.6 Å². The van der Waals surface area contributed by atoms with Crippen LogP contribution in [0.5, 0.6) is 0 Å². The molecule has 1 rings (SSSR count). The summed E-state index contributed by atoms with van der Waals surface area (Å²) in [7, 11) is 0. The van der Waals surface area contributed by atoms with E-state index >= 15 is 0 Å². The van der Waals surface area contributed by atoms with Crippen LogP contribution < -0.4 is 0 Å². The maximum absolute atomic E-state index is 12.6. The molecule has 86 valence electrons. The number of halogens is 4. The predicted octanol–water partition coefficient (Wildman–Crippen LogP) is 3.48. The fourth-order valence-electron chi connectivity index (χ4n) is 1.28. The molecule has 0 amide bonds. The van der Waals surface area contributed by atoms with Crippen molar-refractivity contribution in [1.82, 2.24) is 0 Å². The van der Waals surface area contributed by atoms with Crippen molar-refractivity contribution in [2.45, 2.75) is 13.1 Å². The minimum atomic E-state index is -4.66. The van der Waals surface area contributed by atoms with Crippen molar-refractivity contribution in [3.8, 4) is 0 Å². The summed E-state index contributed by atoms with van der Waals surface area (Å²) >= 11 is 2.85. The summed E-state index contributed by atoms with van der Waals surface area (Å²) in [5, 5.41) is 0. The largest absolute Gasteiger partial charge is 0.417 e. The Bertz CT molecular complexity index is 452. The summed E-state index contributed by atoms with van der Waals surface area (Å²) in [6.07, 6.45) is -4.37. The highest BCUT2D eigenvalue weighted by atomic mass is 79.9. The second-order valence-electron chi connectivity index (χ2n) is 3.10. The molecular weight excluding hydrogens is 289 g/mol. The van der Waals surface area contributed by atoms with E-state index in [9.17, 15) is 22.8 Å². The van der Waals surface area contributed by atoms with E-state index in [1.165, 1.54) is 6.07 Å². The third kappa shape index (κ3) is 2.49. The number of Topliss-reactive ketones (excluding diaryl/α,β-unsaturated/α-hetero) is 1. The minimum absolute atomic E-state index is 0.0306. The first kappa shape index (κ1) is 12.9. The minimum Gasteiger partial charge on any atom is -0.298 e. The summed E-state index contributed by atoms with van der Waals surface area (Å²) in [6.45, 7) is 1.04. The number of benzene rings is 1. The lowest BCUT2D eigenvalue weighted by molar-refractivity contribution is -0.138. The Kier molecular flexibility index (Phi) is 3.52. The van der Waals surface area contributed by atoms with E-state index in [-0.39, 0.29) is 10.0 Å². The van der Waals surface area contributed by atoms with Crippen LogP contribution in [0.4, 0.5) is 13.2 Å². The predicted molar refractivity (Wildman–Crippen MR) is 54.5 cm³/mol. The van der Waals surface area contributed by atoms with E-state index in [0.717, 1.165) is 6.92 Å². The third-order valence-corrected chi connectivity index (χ3v) is 2.53. The van der Waals surface area contributed by atoms with Gasteiger partial charge in [0.1, 0.15) is 6.29 Å². The molecular formula is C10H6BrF3O2. The van der Waals surface area contributed by atoms with Gasteiger partial charge in [-0.2, -0.15) is 13.2 Å². The number of rotatable bonds is 2. The number of hydrogen-bond acceptors (Lipinski definition) is 2. The van der Waals surface area contributed by atoms with Crippen LogP contribution in [0.3, 0.4) is 0 Å². The molecule has 0 aromatic heterocycles. The van der Waals surface area contributed by atoms with Crippen molar-refractivity contribution in [3.05, 3.63) is 33.3 Å². The van der Waals surface area contributed by atoms with Gasteiger partial charge in [0.25, 0.3) is 0 Å². The van der Waals surface area contributed by atoms with Crippen molar-refractivity contribution >= 4 is 28.0 Å². The van der Waals surface area contributed by atoms with Crippen molar-refractivity contribution in [2.24, 2.45) is 0 Å². The number of alkyl halides is 3. The first-order valence-corrected chi connectivity index (χ1v) is 4.93. The average Bonchev–Trinajstić information content (AvgIpc) is 2.14. The van der Waals surface area contributed by atoms with Gasteiger partial charge >= 0.3 is 6.18 Å². The number of aldehydes is 1. The van der Waals surface area contributed by atoms with E-state index in [2.05, 4.69) is 15.9 Å². The monoisotopic (exact) mass is 294 g/mol. The lowest BCUT2D eigenvalue weighted by Crippen LogP contribution is -2.13. The molecule has 0 spiro atoms. The van der Waals surface area contributed by atoms with Crippen molar-refractivity contribution < 1.29 is 22.8 Å². The van der Waals surface area contributed by atoms with Gasteiger partial charge in [-0.05, 0) is 19.1 Å². The van der Waals surface area contributed by atoms with E-state index in [1.54, 1.807) is 0 Å². The van der Waals surface area contributed by atoms with Gasteiger partial charge in [0.05, 0.1) is 5.56 Å². The zero-order chi connectivity index (χ0) is 12.5. The fourth-order valence-corrected chi connectivity index (χ4v) is 2.03. The molecule has 0 aliphatic rings. The van der Waals surface area contributed by atoms with E-state index in [0.29, 0.717) is 12.4 Å². The Morgan fingerprint density at radius 2 is 1.94 bits per heavy atom. The molecule has 0 saturated heterocycles. The lowest BCUT2D eigenvalue weighted by Gasteiger charge is -2.13. The molecule has 0 bridgehead atoms. The molecule has 6 heteroatoms. The summed E-state index contributed by atoms with van der Waals surface area (Å²) in [4.78, 5) is 21.6. The van der Waals surface area contributed by atoms with Crippen LogP contribution in [0.1, 0.15) is 33.2 Å². The van der Waals surface area contributed by atoms with Crippen LogP contribution in [0, 0.1) is 0 Å². The van der Waals surface area contributed by atoms with Crippen LogP contribution >= 0.6 is 15.9 Å². The first-order chi connectivity index (χ1) is 7.27. The molecule has 1 aromatic rings. The van der Waals surface area contributed by atoms with Gasteiger partial charge in [0.15, 0.2) is 5.78 Å². The van der Waals surface area contributed by atoms with Crippen molar-refractivity contribution in [1.29, 1.82) is 0 Å². The summed E-state index contributed by atoms with van der Waals surface area (Å²) in [6, 6.07) is 1.84. The SMILES string of the molecule is CC(=O)c1c(Br)cc(C=O)cc1C(F)(F)F. The third-order valence-electron chi connectivity index (χ3n) is 1.91. The van der Waals surface area contributed by atoms with Gasteiger partial charge in [-0.15, -0.1) is 0 Å². The smallest absolute Gasteiger partial charge is 0.298 e. The zero-order valence-electron chi connectivity index (χ0n) is 8.06. The molecule has 0 saturated carbocycles. The average molecular weight is 295 g/mol. The molecule has 0 unspecified atom stereocenters. The Morgan fingerprint density at radius 3 is 2.31 bits per heavy atom. The van der Waals surface area contributed by atoms with Gasteiger partial charge < -0.3 is 0 Å². The number of hydrogen-bond donors (Lipinski definition) is 0. The maximum atomic E-state index is 12.6. The van der Waals surface area contributed by atoms with Crippen LogP contribution in [-0.4, -0.2) is 12.1 Å². The van der Waals surface area contributed by atoms with E-state index < -0.39 is 23.1 Å². The fraction of sp³-hybridized carbons (Fsp3) is 0.200. The molecule has 2 nitrogen and oxygen atoms in total. The Balaban J connectivity index is 3.59. The topological polar surface area (TPSA) is 34.1 Å². The molecule has 0 atom stereocenters. The van der Waals surface area contributed by atoms with Crippen LogP contribution in [0.25, 0.3) is 0 Å². The summed E-state index contributed by atoms with van der Waals surface area (Å²) in [5.41, 5.74) is -1.70. The van der Waals surface area contributed by atoms with Crippen LogP contribution in [0.2, 0.25) is 0 Å². The molecule has 0 aliphatic carbocycles. The zero-order valence-corrected chi connectivity index (χ0v) is 9.65.